The van der Waals surface area contributed by atoms with E-state index in [4.69, 9.17) is 9.47 Å². The van der Waals surface area contributed by atoms with Gasteiger partial charge in [-0.25, -0.2) is 4.79 Å². The van der Waals surface area contributed by atoms with E-state index in [2.05, 4.69) is 17.0 Å². The number of nitrogens with zero attached hydrogens (tertiary/aromatic N) is 1. The molecular weight excluding hydrogens is 326 g/mol. The molecule has 0 spiro atoms. The summed E-state index contributed by atoms with van der Waals surface area (Å²) in [7, 11) is 1.72. The largest absolute Gasteiger partial charge is 0.497 e. The Balaban J connectivity index is 1.47. The molecule has 1 heterocycles. The average Bonchev–Trinajstić information content (AvgIpc) is 2.68. The molecule has 1 aliphatic rings. The van der Waals surface area contributed by atoms with E-state index in [1.807, 2.05) is 37.3 Å². The second kappa shape index (κ2) is 8.86. The van der Waals surface area contributed by atoms with Gasteiger partial charge in [0.25, 0.3) is 0 Å². The van der Waals surface area contributed by atoms with Crippen LogP contribution in [0.5, 0.6) is 5.75 Å². The zero-order chi connectivity index (χ0) is 18.4. The highest BCUT2D eigenvalue weighted by molar-refractivity contribution is 5.89. The van der Waals surface area contributed by atoms with E-state index in [9.17, 15) is 4.79 Å². The predicted molar refractivity (Wildman–Crippen MR) is 103 cm³/mol. The summed E-state index contributed by atoms with van der Waals surface area (Å²) in [6, 6.07) is 14.2. The fourth-order valence-electron chi connectivity index (χ4n) is 3.43. The zero-order valence-electron chi connectivity index (χ0n) is 15.7. The van der Waals surface area contributed by atoms with Gasteiger partial charge in [0.15, 0.2) is 0 Å². The molecule has 0 amide bonds. The average molecular weight is 353 g/mol. The molecule has 0 radical (unpaired) electrons. The van der Waals surface area contributed by atoms with Crippen molar-refractivity contribution in [2.24, 2.45) is 0 Å². The first-order valence-electron chi connectivity index (χ1n) is 9.34. The van der Waals surface area contributed by atoms with Crippen molar-refractivity contribution in [3.05, 3.63) is 64.7 Å². The number of hydrogen-bond acceptors (Lipinski definition) is 4. The molecule has 4 nitrogen and oxygen atoms in total. The van der Waals surface area contributed by atoms with Gasteiger partial charge in [0.1, 0.15) is 5.75 Å². The summed E-state index contributed by atoms with van der Waals surface area (Å²) in [4.78, 5) is 14.2. The number of aryl methyl sites for hydroxylation is 1. The molecule has 26 heavy (non-hydrogen) atoms. The van der Waals surface area contributed by atoms with Crippen molar-refractivity contribution in [1.82, 2.24) is 4.90 Å². The lowest BCUT2D eigenvalue weighted by Crippen LogP contribution is -2.31. The summed E-state index contributed by atoms with van der Waals surface area (Å²) in [5.41, 5.74) is 4.71. The van der Waals surface area contributed by atoms with Gasteiger partial charge in [0.2, 0.25) is 0 Å². The van der Waals surface area contributed by atoms with Crippen molar-refractivity contribution >= 4 is 5.97 Å². The maximum Gasteiger partial charge on any atom is 0.338 e. The maximum atomic E-state index is 11.7. The van der Waals surface area contributed by atoms with Crippen molar-refractivity contribution < 1.29 is 14.3 Å². The highest BCUT2D eigenvalue weighted by Crippen LogP contribution is 2.23. The van der Waals surface area contributed by atoms with Crippen molar-refractivity contribution in [2.75, 3.05) is 26.8 Å². The molecule has 2 aromatic carbocycles. The van der Waals surface area contributed by atoms with E-state index in [1.54, 1.807) is 7.11 Å². The standard InChI is InChI=1S/C22H27NO3/c1-3-26-22(24)18-8-6-17(7-9-18)5-4-13-23-14-12-19-15-21(25-2)11-10-20(19)16-23/h6-11,15H,3-5,12-14,16H2,1-2H3. The number of fused-ring (bicyclic) bond motifs is 1. The molecule has 0 N–H and O–H groups in total. The van der Waals surface area contributed by atoms with E-state index in [-0.39, 0.29) is 5.97 Å². The van der Waals surface area contributed by atoms with Crippen LogP contribution in [-0.4, -0.2) is 37.7 Å². The Labute approximate surface area is 155 Å². The molecule has 0 saturated heterocycles. The SMILES string of the molecule is CCOC(=O)c1ccc(CCCN2CCc3cc(OC)ccc3C2)cc1. The van der Waals surface area contributed by atoms with Gasteiger partial charge in [-0.05, 0) is 73.7 Å². The molecule has 0 aliphatic carbocycles. The molecule has 1 aliphatic heterocycles. The summed E-state index contributed by atoms with van der Waals surface area (Å²) < 4.78 is 10.3. The van der Waals surface area contributed by atoms with Crippen LogP contribution in [0, 0.1) is 0 Å². The van der Waals surface area contributed by atoms with E-state index in [0.717, 1.165) is 44.6 Å². The van der Waals surface area contributed by atoms with Gasteiger partial charge < -0.3 is 9.47 Å². The lowest BCUT2D eigenvalue weighted by molar-refractivity contribution is 0.0526. The zero-order valence-corrected chi connectivity index (χ0v) is 15.7. The number of carbonyl (C=O) groups is 1. The van der Waals surface area contributed by atoms with Gasteiger partial charge in [-0.3, -0.25) is 4.90 Å². The number of methoxy groups -OCH3 is 1. The summed E-state index contributed by atoms with van der Waals surface area (Å²) in [5.74, 6) is 0.700. The Morgan fingerprint density at radius 3 is 2.65 bits per heavy atom. The Morgan fingerprint density at radius 2 is 1.92 bits per heavy atom. The van der Waals surface area contributed by atoms with Gasteiger partial charge >= 0.3 is 5.97 Å². The molecule has 4 heteroatoms. The third kappa shape index (κ3) is 4.64. The van der Waals surface area contributed by atoms with E-state index in [1.165, 1.54) is 16.7 Å². The number of benzene rings is 2. The first-order chi connectivity index (χ1) is 12.7. The molecule has 0 unspecified atom stereocenters. The normalized spacial score (nSPS) is 13.9. The van der Waals surface area contributed by atoms with E-state index < -0.39 is 0 Å². The number of rotatable bonds is 7. The molecule has 0 fully saturated rings. The minimum absolute atomic E-state index is 0.248. The van der Waals surface area contributed by atoms with Gasteiger partial charge in [-0.15, -0.1) is 0 Å². The topological polar surface area (TPSA) is 38.8 Å². The van der Waals surface area contributed by atoms with Crippen LogP contribution < -0.4 is 4.74 Å². The highest BCUT2D eigenvalue weighted by Gasteiger charge is 2.16. The monoisotopic (exact) mass is 353 g/mol. The van der Waals surface area contributed by atoms with Crippen LogP contribution in [0.25, 0.3) is 0 Å². The Bertz CT molecular complexity index is 740. The van der Waals surface area contributed by atoms with Crippen molar-refractivity contribution in [3.63, 3.8) is 0 Å². The molecule has 0 aromatic heterocycles. The van der Waals surface area contributed by atoms with E-state index in [0.29, 0.717) is 12.2 Å². The molecule has 0 saturated carbocycles. The molecular formula is C22H27NO3. The Kier molecular flexibility index (Phi) is 6.29. The first-order valence-corrected chi connectivity index (χ1v) is 9.34. The maximum absolute atomic E-state index is 11.7. The molecule has 2 aromatic rings. The summed E-state index contributed by atoms with van der Waals surface area (Å²) in [6.45, 7) is 5.43. The lowest BCUT2D eigenvalue weighted by atomic mass is 9.99. The number of ether oxygens (including phenoxy) is 2. The van der Waals surface area contributed by atoms with Crippen molar-refractivity contribution in [1.29, 1.82) is 0 Å². The van der Waals surface area contributed by atoms with Crippen molar-refractivity contribution in [2.45, 2.75) is 32.7 Å². The van der Waals surface area contributed by atoms with Crippen LogP contribution in [0.2, 0.25) is 0 Å². The van der Waals surface area contributed by atoms with Crippen LogP contribution in [0.15, 0.2) is 42.5 Å². The minimum Gasteiger partial charge on any atom is -0.497 e. The van der Waals surface area contributed by atoms with Crippen LogP contribution in [-0.2, 0) is 24.1 Å². The lowest BCUT2D eigenvalue weighted by Gasteiger charge is -2.29. The van der Waals surface area contributed by atoms with Gasteiger partial charge in [-0.1, -0.05) is 18.2 Å². The Morgan fingerprint density at radius 1 is 1.12 bits per heavy atom. The number of hydrogen-bond donors (Lipinski definition) is 0. The number of carbonyl (C=O) groups excluding carboxylic acids is 1. The van der Waals surface area contributed by atoms with E-state index >= 15 is 0 Å². The minimum atomic E-state index is -0.248. The second-order valence-corrected chi connectivity index (χ2v) is 6.68. The summed E-state index contributed by atoms with van der Waals surface area (Å²) >= 11 is 0. The van der Waals surface area contributed by atoms with Gasteiger partial charge in [0.05, 0.1) is 19.3 Å². The Hall–Kier alpha value is -2.33. The van der Waals surface area contributed by atoms with Gasteiger partial charge in [0, 0.05) is 13.1 Å². The fourth-order valence-corrected chi connectivity index (χ4v) is 3.43. The molecule has 138 valence electrons. The highest BCUT2D eigenvalue weighted by atomic mass is 16.5. The van der Waals surface area contributed by atoms with Crippen LogP contribution in [0.3, 0.4) is 0 Å². The summed E-state index contributed by atoms with van der Waals surface area (Å²) in [6.07, 6.45) is 3.22. The van der Waals surface area contributed by atoms with Crippen LogP contribution >= 0.6 is 0 Å². The third-order valence-electron chi connectivity index (χ3n) is 4.91. The second-order valence-electron chi connectivity index (χ2n) is 6.68. The predicted octanol–water partition coefficient (Wildman–Crippen LogP) is 3.86. The molecule has 3 rings (SSSR count). The van der Waals surface area contributed by atoms with Crippen molar-refractivity contribution in [3.8, 4) is 5.75 Å². The fraction of sp³-hybridized carbons (Fsp3) is 0.409. The number of esters is 1. The first kappa shape index (κ1) is 18.5. The van der Waals surface area contributed by atoms with Crippen LogP contribution in [0.4, 0.5) is 0 Å². The quantitative estimate of drug-likeness (QED) is 0.709. The van der Waals surface area contributed by atoms with Crippen LogP contribution in [0.1, 0.15) is 40.4 Å². The summed E-state index contributed by atoms with van der Waals surface area (Å²) in [5, 5.41) is 0. The molecule has 0 atom stereocenters. The third-order valence-corrected chi connectivity index (χ3v) is 4.91. The van der Waals surface area contributed by atoms with Gasteiger partial charge in [-0.2, -0.15) is 0 Å². The molecule has 0 bridgehead atoms. The smallest absolute Gasteiger partial charge is 0.338 e.